The van der Waals surface area contributed by atoms with Gasteiger partial charge < -0.3 is 10.2 Å². The lowest BCUT2D eigenvalue weighted by Crippen LogP contribution is -2.42. The Kier molecular flexibility index (Phi) is 7.45. The highest BCUT2D eigenvalue weighted by atomic mass is 16.2. The van der Waals surface area contributed by atoms with Crippen molar-refractivity contribution >= 4 is 17.6 Å². The molecule has 0 saturated heterocycles. The van der Waals surface area contributed by atoms with Crippen LogP contribution in [0.15, 0.2) is 30.3 Å². The first-order valence-corrected chi connectivity index (χ1v) is 10.6. The van der Waals surface area contributed by atoms with Crippen LogP contribution in [0.4, 0.5) is 5.82 Å². The van der Waals surface area contributed by atoms with Crippen molar-refractivity contribution < 1.29 is 9.59 Å². The number of carbonyl (C=O) groups excluding carboxylic acids is 2. The summed E-state index contributed by atoms with van der Waals surface area (Å²) in [4.78, 5) is 27.1. The molecule has 1 N–H and O–H groups in total. The van der Waals surface area contributed by atoms with Crippen LogP contribution < -0.4 is 5.32 Å². The Morgan fingerprint density at radius 3 is 2.30 bits per heavy atom. The fraction of sp³-hybridized carbons (Fsp3) is 0.542. The molecule has 0 aliphatic carbocycles. The Hall–Kier alpha value is -2.63. The molecular formula is C24H36N4O2. The van der Waals surface area contributed by atoms with Crippen LogP contribution in [0.2, 0.25) is 0 Å². The summed E-state index contributed by atoms with van der Waals surface area (Å²) in [5.74, 6) is 0.509. The van der Waals surface area contributed by atoms with Crippen molar-refractivity contribution in [2.75, 3.05) is 18.4 Å². The number of aryl methyl sites for hydroxylation is 1. The van der Waals surface area contributed by atoms with Gasteiger partial charge in [0.15, 0.2) is 0 Å². The van der Waals surface area contributed by atoms with E-state index in [0.717, 1.165) is 16.9 Å². The van der Waals surface area contributed by atoms with E-state index < -0.39 is 0 Å². The molecule has 1 aromatic heterocycles. The third kappa shape index (κ3) is 5.94. The number of aromatic nitrogens is 2. The third-order valence-electron chi connectivity index (χ3n) is 4.81. The van der Waals surface area contributed by atoms with Gasteiger partial charge in [-0.25, -0.2) is 4.68 Å². The van der Waals surface area contributed by atoms with E-state index in [1.165, 1.54) is 0 Å². The normalized spacial score (nSPS) is 11.8. The highest BCUT2D eigenvalue weighted by molar-refractivity contribution is 5.94. The molecular weight excluding hydrogens is 376 g/mol. The van der Waals surface area contributed by atoms with Crippen molar-refractivity contribution in [1.29, 1.82) is 0 Å². The monoisotopic (exact) mass is 412 g/mol. The number of nitrogens with one attached hydrogen (secondary N) is 1. The second kappa shape index (κ2) is 9.45. The number of nitrogens with zero attached hydrogens (tertiary/aromatic N) is 3. The number of carbonyl (C=O) groups is 2. The zero-order chi connectivity index (χ0) is 22.6. The first kappa shape index (κ1) is 23.6. The molecule has 0 spiro atoms. The minimum Gasteiger partial charge on any atom is -0.333 e. The molecule has 0 fully saturated rings. The zero-order valence-electron chi connectivity index (χ0n) is 19.6. The van der Waals surface area contributed by atoms with E-state index in [4.69, 9.17) is 5.10 Å². The van der Waals surface area contributed by atoms with Crippen LogP contribution in [0.5, 0.6) is 0 Å². The van der Waals surface area contributed by atoms with Crippen LogP contribution in [0.1, 0.15) is 59.7 Å². The molecule has 164 valence electrons. The molecule has 0 aliphatic heterocycles. The number of anilines is 1. The molecule has 30 heavy (non-hydrogen) atoms. The first-order chi connectivity index (χ1) is 13.9. The first-order valence-electron chi connectivity index (χ1n) is 10.6. The molecule has 6 nitrogen and oxygen atoms in total. The van der Waals surface area contributed by atoms with Gasteiger partial charge in [0, 0.05) is 23.9 Å². The Balaban J connectivity index is 2.34. The van der Waals surface area contributed by atoms with Crippen LogP contribution in [0.3, 0.4) is 0 Å². The lowest BCUT2D eigenvalue weighted by molar-refractivity contribution is -0.138. The predicted molar refractivity (Wildman–Crippen MR) is 122 cm³/mol. The van der Waals surface area contributed by atoms with E-state index in [-0.39, 0.29) is 35.6 Å². The van der Waals surface area contributed by atoms with Gasteiger partial charge in [-0.3, -0.25) is 9.59 Å². The van der Waals surface area contributed by atoms with E-state index in [2.05, 4.69) is 26.1 Å². The summed E-state index contributed by atoms with van der Waals surface area (Å²) in [6.07, 6.45) is 0. The maximum absolute atomic E-state index is 12.9. The summed E-state index contributed by atoms with van der Waals surface area (Å²) in [5, 5.41) is 7.77. The lowest BCUT2D eigenvalue weighted by Gasteiger charge is -2.25. The number of para-hydroxylation sites is 1. The molecule has 2 aromatic rings. The maximum Gasteiger partial charge on any atom is 0.245 e. The standard InChI is InChI=1S/C24H36N4O2/c1-16(2)14-27(23(30)17(3)4)15-22(29)25-21-13-20(24(6,7)8)26-28(21)19-12-10-9-11-18(19)5/h9-13,16-17H,14-15H2,1-8H3,(H,25,29). The molecule has 1 aromatic carbocycles. The molecule has 0 unspecified atom stereocenters. The minimum atomic E-state index is -0.222. The smallest absolute Gasteiger partial charge is 0.245 e. The van der Waals surface area contributed by atoms with Crippen molar-refractivity contribution in [2.24, 2.45) is 11.8 Å². The fourth-order valence-electron chi connectivity index (χ4n) is 3.22. The summed E-state index contributed by atoms with van der Waals surface area (Å²) in [6, 6.07) is 9.86. The average Bonchev–Trinajstić information content (AvgIpc) is 3.04. The number of hydrogen-bond acceptors (Lipinski definition) is 3. The van der Waals surface area contributed by atoms with E-state index in [9.17, 15) is 9.59 Å². The van der Waals surface area contributed by atoms with E-state index in [0.29, 0.717) is 12.4 Å². The number of hydrogen-bond donors (Lipinski definition) is 1. The Morgan fingerprint density at radius 1 is 1.13 bits per heavy atom. The van der Waals surface area contributed by atoms with E-state index in [1.54, 1.807) is 9.58 Å². The van der Waals surface area contributed by atoms with Gasteiger partial charge in [0.05, 0.1) is 17.9 Å². The highest BCUT2D eigenvalue weighted by Gasteiger charge is 2.24. The maximum atomic E-state index is 12.9. The topological polar surface area (TPSA) is 67.2 Å². The summed E-state index contributed by atoms with van der Waals surface area (Å²) in [6.45, 7) is 16.7. The third-order valence-corrected chi connectivity index (χ3v) is 4.81. The number of benzene rings is 1. The van der Waals surface area contributed by atoms with Gasteiger partial charge in [0.2, 0.25) is 11.8 Å². The summed E-state index contributed by atoms with van der Waals surface area (Å²) < 4.78 is 1.78. The largest absolute Gasteiger partial charge is 0.333 e. The van der Waals surface area contributed by atoms with Gasteiger partial charge >= 0.3 is 0 Å². The zero-order valence-corrected chi connectivity index (χ0v) is 19.6. The van der Waals surface area contributed by atoms with Gasteiger partial charge in [-0.2, -0.15) is 5.10 Å². The fourth-order valence-corrected chi connectivity index (χ4v) is 3.22. The predicted octanol–water partition coefficient (Wildman–Crippen LogP) is 4.56. The van der Waals surface area contributed by atoms with Crippen LogP contribution in [0, 0.1) is 18.8 Å². The molecule has 0 saturated carbocycles. The van der Waals surface area contributed by atoms with Crippen LogP contribution in [0.25, 0.3) is 5.69 Å². The van der Waals surface area contributed by atoms with Crippen molar-refractivity contribution in [2.45, 2.75) is 60.8 Å². The van der Waals surface area contributed by atoms with Gasteiger partial charge in [-0.05, 0) is 24.5 Å². The Morgan fingerprint density at radius 2 is 1.77 bits per heavy atom. The van der Waals surface area contributed by atoms with Gasteiger partial charge in [-0.15, -0.1) is 0 Å². The van der Waals surface area contributed by atoms with Gasteiger partial charge in [-0.1, -0.05) is 66.7 Å². The van der Waals surface area contributed by atoms with E-state index >= 15 is 0 Å². The quantitative estimate of drug-likeness (QED) is 0.725. The molecule has 0 aliphatic rings. The molecule has 2 rings (SSSR count). The molecule has 1 heterocycles. The molecule has 2 amide bonds. The molecule has 0 radical (unpaired) electrons. The summed E-state index contributed by atoms with van der Waals surface area (Å²) in [5.41, 5.74) is 2.71. The van der Waals surface area contributed by atoms with Crippen molar-refractivity contribution in [1.82, 2.24) is 14.7 Å². The second-order valence-electron chi connectivity index (χ2n) is 9.68. The number of amides is 2. The Bertz CT molecular complexity index is 891. The van der Waals surface area contributed by atoms with Crippen molar-refractivity contribution in [3.63, 3.8) is 0 Å². The second-order valence-corrected chi connectivity index (χ2v) is 9.68. The number of rotatable bonds is 7. The molecule has 0 atom stereocenters. The van der Waals surface area contributed by atoms with E-state index in [1.807, 2.05) is 65.0 Å². The van der Waals surface area contributed by atoms with Gasteiger partial charge in [0.25, 0.3) is 0 Å². The van der Waals surface area contributed by atoms with Crippen molar-refractivity contribution in [3.8, 4) is 5.69 Å². The average molecular weight is 413 g/mol. The Labute approximate surface area is 180 Å². The molecule has 6 heteroatoms. The van der Waals surface area contributed by atoms with Crippen molar-refractivity contribution in [3.05, 3.63) is 41.6 Å². The highest BCUT2D eigenvalue weighted by Crippen LogP contribution is 2.27. The summed E-state index contributed by atoms with van der Waals surface area (Å²) >= 11 is 0. The minimum absolute atomic E-state index is 0.0124. The van der Waals surface area contributed by atoms with Gasteiger partial charge in [0.1, 0.15) is 5.82 Å². The van der Waals surface area contributed by atoms with Crippen LogP contribution in [-0.2, 0) is 15.0 Å². The lowest BCUT2D eigenvalue weighted by atomic mass is 9.92. The molecule has 0 bridgehead atoms. The van der Waals surface area contributed by atoms with Crippen LogP contribution in [-0.4, -0.2) is 39.6 Å². The summed E-state index contributed by atoms with van der Waals surface area (Å²) in [7, 11) is 0. The SMILES string of the molecule is Cc1ccccc1-n1nc(C(C)(C)C)cc1NC(=O)CN(CC(C)C)C(=O)C(C)C. The van der Waals surface area contributed by atoms with Crippen LogP contribution >= 0.6 is 0 Å².